The topological polar surface area (TPSA) is 104 Å². The summed E-state index contributed by atoms with van der Waals surface area (Å²) in [6.45, 7) is 8.52. The van der Waals surface area contributed by atoms with E-state index in [1.54, 1.807) is 18.3 Å². The molecule has 2 aromatic rings. The van der Waals surface area contributed by atoms with Gasteiger partial charge in [-0.15, -0.1) is 0 Å². The van der Waals surface area contributed by atoms with Crippen molar-refractivity contribution in [1.82, 2.24) is 20.1 Å². The molecular weight excluding hydrogens is 460 g/mol. The zero-order valence-corrected chi connectivity index (χ0v) is 20.6. The highest BCUT2D eigenvalue weighted by Crippen LogP contribution is 2.37. The highest BCUT2D eigenvalue weighted by atomic mass is 16.6. The van der Waals surface area contributed by atoms with Gasteiger partial charge < -0.3 is 15.0 Å². The molecule has 3 aliphatic rings. The van der Waals surface area contributed by atoms with Crippen molar-refractivity contribution in [1.29, 1.82) is 0 Å². The third-order valence-electron chi connectivity index (χ3n) is 7.57. The molecule has 1 N–H and O–H groups in total. The molecular formula is C26H34N6O4. The first-order chi connectivity index (χ1) is 17.6. The summed E-state index contributed by atoms with van der Waals surface area (Å²) in [5.74, 6) is -0.262. The highest BCUT2D eigenvalue weighted by Gasteiger charge is 2.41. The standard InChI is InChI=1S/C26H34N6O4/c33-26(28-8-6-21-3-1-2-7-27-21)23-18-20-17-22(32(34)35)4-5-24(20)31-12-11-30(19-25(23)31)10-9-29-13-15-36-16-14-29/h1-5,7,17,23,25H,6,8-16,18-19H2,(H,28,33). The summed E-state index contributed by atoms with van der Waals surface area (Å²) >= 11 is 0. The molecule has 0 radical (unpaired) electrons. The van der Waals surface area contributed by atoms with E-state index in [1.165, 1.54) is 0 Å². The Morgan fingerprint density at radius 3 is 2.72 bits per heavy atom. The first-order valence-electron chi connectivity index (χ1n) is 12.8. The van der Waals surface area contributed by atoms with Crippen molar-refractivity contribution in [2.24, 2.45) is 5.92 Å². The van der Waals surface area contributed by atoms with Crippen LogP contribution in [0, 0.1) is 16.0 Å². The normalized spacial score (nSPS) is 22.5. The Labute approximate surface area is 211 Å². The Balaban J connectivity index is 1.29. The molecule has 2 unspecified atom stereocenters. The number of fused-ring (bicyclic) bond motifs is 3. The second-order valence-electron chi connectivity index (χ2n) is 9.76. The highest BCUT2D eigenvalue weighted by molar-refractivity contribution is 5.82. The fourth-order valence-electron chi connectivity index (χ4n) is 5.58. The minimum atomic E-state index is -0.363. The second kappa shape index (κ2) is 11.3. The van der Waals surface area contributed by atoms with Crippen LogP contribution in [-0.4, -0.2) is 97.2 Å². The summed E-state index contributed by atoms with van der Waals surface area (Å²) in [5.41, 5.74) is 2.92. The number of aromatic nitrogens is 1. The number of non-ortho nitro benzene ring substituents is 1. The molecule has 0 spiro atoms. The molecule has 0 aliphatic carbocycles. The van der Waals surface area contributed by atoms with E-state index in [0.29, 0.717) is 19.4 Å². The third-order valence-corrected chi connectivity index (χ3v) is 7.57. The number of pyridine rings is 1. The number of nitro benzene ring substituents is 1. The van der Waals surface area contributed by atoms with Crippen molar-refractivity contribution in [3.8, 4) is 0 Å². The van der Waals surface area contributed by atoms with Gasteiger partial charge >= 0.3 is 0 Å². The molecule has 2 saturated heterocycles. The van der Waals surface area contributed by atoms with Crippen LogP contribution in [0.4, 0.5) is 11.4 Å². The Kier molecular flexibility index (Phi) is 7.74. The number of piperazine rings is 1. The average molecular weight is 495 g/mol. The van der Waals surface area contributed by atoms with Gasteiger partial charge in [0, 0.05) is 88.5 Å². The monoisotopic (exact) mass is 494 g/mol. The molecule has 0 bridgehead atoms. The van der Waals surface area contributed by atoms with Crippen LogP contribution in [-0.2, 0) is 22.4 Å². The van der Waals surface area contributed by atoms with Crippen LogP contribution < -0.4 is 10.2 Å². The molecule has 1 aromatic heterocycles. The third kappa shape index (κ3) is 5.66. The number of nitro groups is 1. The molecule has 10 heteroatoms. The zero-order chi connectivity index (χ0) is 24.9. The van der Waals surface area contributed by atoms with Gasteiger partial charge in [0.25, 0.3) is 5.69 Å². The smallest absolute Gasteiger partial charge is 0.269 e. The van der Waals surface area contributed by atoms with E-state index < -0.39 is 0 Å². The number of ether oxygens (including phenoxy) is 1. The lowest BCUT2D eigenvalue weighted by molar-refractivity contribution is -0.384. The molecule has 36 heavy (non-hydrogen) atoms. The molecule has 0 saturated carbocycles. The average Bonchev–Trinajstić information content (AvgIpc) is 2.92. The molecule has 2 atom stereocenters. The number of nitrogens with zero attached hydrogens (tertiary/aromatic N) is 5. The summed E-state index contributed by atoms with van der Waals surface area (Å²) in [4.78, 5) is 36.0. The Hall–Kier alpha value is -3.08. The minimum absolute atomic E-state index is 0.00752. The van der Waals surface area contributed by atoms with Crippen LogP contribution in [0.25, 0.3) is 0 Å². The van der Waals surface area contributed by atoms with Gasteiger partial charge in [0.1, 0.15) is 0 Å². The predicted octanol–water partition coefficient (Wildman–Crippen LogP) is 1.34. The number of carbonyl (C=O) groups excluding carboxylic acids is 1. The van der Waals surface area contributed by atoms with E-state index in [9.17, 15) is 14.9 Å². The number of morpholine rings is 1. The Morgan fingerprint density at radius 1 is 1.11 bits per heavy atom. The van der Waals surface area contributed by atoms with E-state index in [4.69, 9.17) is 4.74 Å². The summed E-state index contributed by atoms with van der Waals surface area (Å²) in [7, 11) is 0. The van der Waals surface area contributed by atoms with Crippen molar-refractivity contribution in [2.75, 3.05) is 70.5 Å². The summed E-state index contributed by atoms with van der Waals surface area (Å²) < 4.78 is 5.47. The summed E-state index contributed by atoms with van der Waals surface area (Å²) in [6.07, 6.45) is 2.93. The Bertz CT molecular complexity index is 1060. The molecule has 2 fully saturated rings. The number of rotatable bonds is 8. The van der Waals surface area contributed by atoms with Crippen molar-refractivity contribution >= 4 is 17.3 Å². The quantitative estimate of drug-likeness (QED) is 0.433. The molecule has 3 aliphatic heterocycles. The number of benzene rings is 1. The summed E-state index contributed by atoms with van der Waals surface area (Å²) in [6, 6.07) is 10.9. The van der Waals surface area contributed by atoms with Crippen molar-refractivity contribution in [3.63, 3.8) is 0 Å². The molecule has 1 amide bonds. The van der Waals surface area contributed by atoms with Gasteiger partial charge in [-0.05, 0) is 30.2 Å². The number of hydrogen-bond acceptors (Lipinski definition) is 8. The van der Waals surface area contributed by atoms with E-state index in [1.807, 2.05) is 24.3 Å². The Morgan fingerprint density at radius 2 is 1.94 bits per heavy atom. The maximum absolute atomic E-state index is 13.5. The van der Waals surface area contributed by atoms with E-state index in [2.05, 4.69) is 25.0 Å². The number of anilines is 1. The van der Waals surface area contributed by atoms with Gasteiger partial charge in [0.2, 0.25) is 5.91 Å². The van der Waals surface area contributed by atoms with Gasteiger partial charge in [-0.25, -0.2) is 0 Å². The van der Waals surface area contributed by atoms with E-state index >= 15 is 0 Å². The summed E-state index contributed by atoms with van der Waals surface area (Å²) in [5, 5.41) is 14.5. The maximum Gasteiger partial charge on any atom is 0.269 e. The number of nitrogens with one attached hydrogen (secondary N) is 1. The van der Waals surface area contributed by atoms with E-state index in [0.717, 1.165) is 76.0 Å². The molecule has 192 valence electrons. The van der Waals surface area contributed by atoms with Crippen LogP contribution in [0.3, 0.4) is 0 Å². The van der Waals surface area contributed by atoms with Gasteiger partial charge in [-0.1, -0.05) is 6.07 Å². The molecule has 1 aromatic carbocycles. The minimum Gasteiger partial charge on any atom is -0.379 e. The first-order valence-corrected chi connectivity index (χ1v) is 12.8. The molecule has 5 rings (SSSR count). The van der Waals surface area contributed by atoms with Gasteiger partial charge in [0.05, 0.1) is 30.1 Å². The van der Waals surface area contributed by atoms with Crippen LogP contribution in [0.2, 0.25) is 0 Å². The van der Waals surface area contributed by atoms with Crippen LogP contribution >= 0.6 is 0 Å². The molecule has 4 heterocycles. The zero-order valence-electron chi connectivity index (χ0n) is 20.6. The fourth-order valence-corrected chi connectivity index (χ4v) is 5.58. The molecule has 10 nitrogen and oxygen atoms in total. The lowest BCUT2D eigenvalue weighted by Crippen LogP contribution is -2.61. The number of amides is 1. The SMILES string of the molecule is O=C(NCCc1ccccn1)C1Cc2cc([N+](=O)[O-])ccc2N2CCN(CCN3CCOCC3)CC12. The van der Waals surface area contributed by atoms with Crippen molar-refractivity contribution in [2.45, 2.75) is 18.9 Å². The van der Waals surface area contributed by atoms with Crippen LogP contribution in [0.5, 0.6) is 0 Å². The van der Waals surface area contributed by atoms with Gasteiger partial charge in [0.15, 0.2) is 0 Å². The maximum atomic E-state index is 13.5. The largest absolute Gasteiger partial charge is 0.379 e. The predicted molar refractivity (Wildman–Crippen MR) is 136 cm³/mol. The second-order valence-corrected chi connectivity index (χ2v) is 9.76. The first kappa shape index (κ1) is 24.6. The number of carbonyl (C=O) groups is 1. The van der Waals surface area contributed by atoms with Crippen LogP contribution in [0.15, 0.2) is 42.6 Å². The van der Waals surface area contributed by atoms with Crippen LogP contribution in [0.1, 0.15) is 11.3 Å². The lowest BCUT2D eigenvalue weighted by Gasteiger charge is -2.49. The van der Waals surface area contributed by atoms with E-state index in [-0.39, 0.29) is 28.5 Å². The lowest BCUT2D eigenvalue weighted by atomic mass is 9.83. The fraction of sp³-hybridized carbons (Fsp3) is 0.538. The van der Waals surface area contributed by atoms with Gasteiger partial charge in [-0.3, -0.25) is 29.7 Å². The van der Waals surface area contributed by atoms with Crippen molar-refractivity contribution < 1.29 is 14.5 Å². The van der Waals surface area contributed by atoms with Gasteiger partial charge in [-0.2, -0.15) is 0 Å². The van der Waals surface area contributed by atoms with Crippen molar-refractivity contribution in [3.05, 3.63) is 64.0 Å². The number of hydrogen-bond donors (Lipinski definition) is 1.